The zero-order valence-electron chi connectivity index (χ0n) is 12.0. The molecule has 1 atom stereocenters. The molecule has 1 unspecified atom stereocenters. The van der Waals surface area contributed by atoms with E-state index in [1.807, 2.05) is 0 Å². The van der Waals surface area contributed by atoms with Crippen molar-refractivity contribution in [2.24, 2.45) is 0 Å². The van der Waals surface area contributed by atoms with Crippen LogP contribution in [0.2, 0.25) is 0 Å². The van der Waals surface area contributed by atoms with Crippen molar-refractivity contribution in [3.63, 3.8) is 0 Å². The molecule has 0 spiro atoms. The molecule has 19 heavy (non-hydrogen) atoms. The number of nitrogens with one attached hydrogen (secondary N) is 1. The van der Waals surface area contributed by atoms with Gasteiger partial charge < -0.3 is 20.2 Å². The van der Waals surface area contributed by atoms with E-state index in [9.17, 15) is 14.4 Å². The number of carboxylic acids is 1. The van der Waals surface area contributed by atoms with E-state index >= 15 is 0 Å². The largest absolute Gasteiger partial charge is 0.481 e. The fourth-order valence-corrected chi connectivity index (χ4v) is 1.37. The Bertz CT molecular complexity index is 331. The van der Waals surface area contributed by atoms with Crippen molar-refractivity contribution >= 4 is 17.9 Å². The number of carbonyl (C=O) groups is 3. The number of urea groups is 1. The molecular weight excluding hydrogens is 250 g/mol. The number of nitrogens with zero attached hydrogens (tertiary/aromatic N) is 2. The van der Waals surface area contributed by atoms with Gasteiger partial charge in [-0.05, 0) is 19.8 Å². The minimum atomic E-state index is -0.841. The molecule has 0 fully saturated rings. The van der Waals surface area contributed by atoms with Gasteiger partial charge in [0, 0.05) is 33.6 Å². The van der Waals surface area contributed by atoms with Crippen LogP contribution < -0.4 is 5.32 Å². The second-order valence-corrected chi connectivity index (χ2v) is 4.78. The van der Waals surface area contributed by atoms with E-state index in [0.29, 0.717) is 12.8 Å². The Balaban J connectivity index is 4.00. The third-order valence-corrected chi connectivity index (χ3v) is 2.62. The molecule has 110 valence electrons. The summed E-state index contributed by atoms with van der Waals surface area (Å²) < 4.78 is 0. The quantitative estimate of drug-likeness (QED) is 0.700. The van der Waals surface area contributed by atoms with E-state index in [-0.39, 0.29) is 30.9 Å². The van der Waals surface area contributed by atoms with E-state index in [1.165, 1.54) is 9.80 Å². The summed E-state index contributed by atoms with van der Waals surface area (Å²) in [6.07, 6.45) is 1.19. The van der Waals surface area contributed by atoms with E-state index in [4.69, 9.17) is 5.11 Å². The van der Waals surface area contributed by atoms with Gasteiger partial charge in [0.2, 0.25) is 5.91 Å². The van der Waals surface area contributed by atoms with Crippen molar-refractivity contribution < 1.29 is 19.5 Å². The van der Waals surface area contributed by atoms with Crippen molar-refractivity contribution in [3.05, 3.63) is 0 Å². The summed E-state index contributed by atoms with van der Waals surface area (Å²) in [5, 5.41) is 11.2. The Morgan fingerprint density at radius 2 is 1.79 bits per heavy atom. The van der Waals surface area contributed by atoms with Gasteiger partial charge in [0.25, 0.3) is 0 Å². The Labute approximate surface area is 113 Å². The molecule has 0 aromatic rings. The average Bonchev–Trinajstić information content (AvgIpc) is 2.27. The molecule has 0 saturated carbocycles. The molecule has 0 aliphatic rings. The Hall–Kier alpha value is -1.79. The summed E-state index contributed by atoms with van der Waals surface area (Å²) in [6, 6.07) is -0.457. The summed E-state index contributed by atoms with van der Waals surface area (Å²) in [5.41, 5.74) is 0. The highest BCUT2D eigenvalue weighted by atomic mass is 16.4. The number of hydrogen-bond donors (Lipinski definition) is 2. The molecule has 3 amide bonds. The maximum atomic E-state index is 11.7. The molecule has 7 nitrogen and oxygen atoms in total. The fraction of sp³-hybridized carbons (Fsp3) is 0.750. The lowest BCUT2D eigenvalue weighted by molar-refractivity contribution is -0.137. The molecule has 0 rings (SSSR count). The van der Waals surface area contributed by atoms with Crippen LogP contribution >= 0.6 is 0 Å². The van der Waals surface area contributed by atoms with E-state index in [0.717, 1.165) is 0 Å². The van der Waals surface area contributed by atoms with Gasteiger partial charge in [0.15, 0.2) is 0 Å². The fourth-order valence-electron chi connectivity index (χ4n) is 1.37. The van der Waals surface area contributed by atoms with Crippen LogP contribution in [-0.4, -0.2) is 66.5 Å². The number of aliphatic carboxylic acids is 1. The number of amides is 3. The predicted molar refractivity (Wildman–Crippen MR) is 70.8 cm³/mol. The zero-order chi connectivity index (χ0) is 15.0. The molecule has 0 bridgehead atoms. The molecule has 0 aliphatic heterocycles. The third kappa shape index (κ3) is 8.01. The number of hydrogen-bond acceptors (Lipinski definition) is 3. The van der Waals surface area contributed by atoms with Crippen molar-refractivity contribution in [3.8, 4) is 0 Å². The van der Waals surface area contributed by atoms with Gasteiger partial charge in [0.1, 0.15) is 6.54 Å². The second kappa shape index (κ2) is 8.34. The van der Waals surface area contributed by atoms with Crippen LogP contribution in [0.15, 0.2) is 0 Å². The maximum absolute atomic E-state index is 11.7. The topological polar surface area (TPSA) is 90.0 Å². The highest BCUT2D eigenvalue weighted by molar-refractivity contribution is 5.83. The van der Waals surface area contributed by atoms with Crippen LogP contribution in [-0.2, 0) is 9.59 Å². The SMILES string of the molecule is CC(CCCC(=O)O)NC(=O)N(C)CC(=O)N(C)C. The van der Waals surface area contributed by atoms with Crippen molar-refractivity contribution in [2.45, 2.75) is 32.2 Å². The van der Waals surface area contributed by atoms with Crippen LogP contribution in [0.4, 0.5) is 4.79 Å². The molecular formula is C12H23N3O4. The Morgan fingerprint density at radius 1 is 1.21 bits per heavy atom. The van der Waals surface area contributed by atoms with Crippen molar-refractivity contribution in [1.29, 1.82) is 0 Å². The van der Waals surface area contributed by atoms with Gasteiger partial charge in [-0.3, -0.25) is 9.59 Å². The molecule has 0 aromatic carbocycles. The minimum absolute atomic E-state index is 0.0146. The van der Waals surface area contributed by atoms with Crippen molar-refractivity contribution in [1.82, 2.24) is 15.1 Å². The van der Waals surface area contributed by atoms with E-state index in [1.54, 1.807) is 28.1 Å². The lowest BCUT2D eigenvalue weighted by Crippen LogP contribution is -2.45. The molecule has 0 saturated heterocycles. The minimum Gasteiger partial charge on any atom is -0.481 e. The first-order chi connectivity index (χ1) is 8.73. The van der Waals surface area contributed by atoms with Gasteiger partial charge in [-0.25, -0.2) is 4.79 Å². The highest BCUT2D eigenvalue weighted by Gasteiger charge is 2.15. The third-order valence-electron chi connectivity index (χ3n) is 2.62. The zero-order valence-corrected chi connectivity index (χ0v) is 12.0. The summed E-state index contributed by atoms with van der Waals surface area (Å²) >= 11 is 0. The number of carbonyl (C=O) groups excluding carboxylic acids is 2. The molecule has 0 aliphatic carbocycles. The summed E-state index contributed by atoms with van der Waals surface area (Å²) in [6.45, 7) is 1.82. The van der Waals surface area contributed by atoms with Crippen LogP contribution in [0.5, 0.6) is 0 Å². The first-order valence-electron chi connectivity index (χ1n) is 6.17. The van der Waals surface area contributed by atoms with Crippen LogP contribution in [0.25, 0.3) is 0 Å². The standard InChI is InChI=1S/C12H23N3O4/c1-9(6-5-7-11(17)18)13-12(19)15(4)8-10(16)14(2)3/h9H,5-8H2,1-4H3,(H,13,19)(H,17,18). The van der Waals surface area contributed by atoms with Gasteiger partial charge >= 0.3 is 12.0 Å². The van der Waals surface area contributed by atoms with Crippen LogP contribution in [0, 0.1) is 0 Å². The lowest BCUT2D eigenvalue weighted by Gasteiger charge is -2.22. The molecule has 0 heterocycles. The van der Waals surface area contributed by atoms with Gasteiger partial charge in [-0.1, -0.05) is 0 Å². The molecule has 2 N–H and O–H groups in total. The molecule has 0 radical (unpaired) electrons. The monoisotopic (exact) mass is 273 g/mol. The molecule has 7 heteroatoms. The first-order valence-corrected chi connectivity index (χ1v) is 6.17. The number of rotatable bonds is 7. The van der Waals surface area contributed by atoms with E-state index in [2.05, 4.69) is 5.32 Å². The van der Waals surface area contributed by atoms with Crippen molar-refractivity contribution in [2.75, 3.05) is 27.7 Å². The van der Waals surface area contributed by atoms with Crippen LogP contribution in [0.3, 0.4) is 0 Å². The molecule has 0 aromatic heterocycles. The second-order valence-electron chi connectivity index (χ2n) is 4.78. The summed E-state index contributed by atoms with van der Waals surface area (Å²) in [7, 11) is 4.80. The average molecular weight is 273 g/mol. The Morgan fingerprint density at radius 3 is 2.26 bits per heavy atom. The predicted octanol–water partition coefficient (Wildman–Crippen LogP) is 0.359. The van der Waals surface area contributed by atoms with Gasteiger partial charge in [0.05, 0.1) is 0 Å². The van der Waals surface area contributed by atoms with Crippen LogP contribution in [0.1, 0.15) is 26.2 Å². The van der Waals surface area contributed by atoms with Gasteiger partial charge in [-0.2, -0.15) is 0 Å². The summed E-state index contributed by atoms with van der Waals surface area (Å²) in [5.74, 6) is -0.997. The lowest BCUT2D eigenvalue weighted by atomic mass is 10.1. The Kier molecular flexibility index (Phi) is 7.55. The first kappa shape index (κ1) is 17.2. The highest BCUT2D eigenvalue weighted by Crippen LogP contribution is 2.01. The smallest absolute Gasteiger partial charge is 0.317 e. The maximum Gasteiger partial charge on any atom is 0.317 e. The number of likely N-dealkylation sites (N-methyl/N-ethyl adjacent to an activating group) is 2. The summed E-state index contributed by atoms with van der Waals surface area (Å²) in [4.78, 5) is 36.2. The van der Waals surface area contributed by atoms with Gasteiger partial charge in [-0.15, -0.1) is 0 Å². The number of carboxylic acid groups (broad SMARTS) is 1. The normalized spacial score (nSPS) is 11.6. The van der Waals surface area contributed by atoms with E-state index < -0.39 is 5.97 Å².